The van der Waals surface area contributed by atoms with Crippen molar-refractivity contribution in [3.05, 3.63) is 105 Å². The molecule has 1 saturated carbocycles. The first-order valence-electron chi connectivity index (χ1n) is 18.1. The zero-order chi connectivity index (χ0) is 37.6. The van der Waals surface area contributed by atoms with Gasteiger partial charge in [0.2, 0.25) is 0 Å². The smallest absolute Gasteiger partial charge is 0.268 e. The van der Waals surface area contributed by atoms with E-state index in [1.54, 1.807) is 18.3 Å². The van der Waals surface area contributed by atoms with Crippen LogP contribution < -0.4 is 10.6 Å². The zero-order valence-corrected chi connectivity index (χ0v) is 30.5. The largest absolute Gasteiger partial charge is 0.347 e. The summed E-state index contributed by atoms with van der Waals surface area (Å²) in [5.74, 6) is -3.31. The molecule has 53 heavy (non-hydrogen) atoms. The lowest BCUT2D eigenvalue weighted by Gasteiger charge is -2.53. The molecule has 280 valence electrons. The molecular weight excluding hydrogens is 685 g/mol. The second-order valence-electron chi connectivity index (χ2n) is 14.7. The van der Waals surface area contributed by atoms with Crippen LogP contribution in [-0.2, 0) is 25.2 Å². The van der Waals surface area contributed by atoms with Crippen LogP contribution in [0.25, 0.3) is 0 Å². The van der Waals surface area contributed by atoms with E-state index in [1.807, 2.05) is 22.2 Å². The molecule has 0 bridgehead atoms. The number of rotatable bonds is 9. The van der Waals surface area contributed by atoms with E-state index in [0.717, 1.165) is 68.7 Å². The van der Waals surface area contributed by atoms with E-state index in [-0.39, 0.29) is 47.6 Å². The Morgan fingerprint density at radius 1 is 0.925 bits per heavy atom. The Morgan fingerprint density at radius 3 is 2.28 bits per heavy atom. The number of nitrogens with zero attached hydrogens (tertiary/aromatic N) is 6. The minimum atomic E-state index is -0.765. The molecule has 1 spiro atoms. The Labute approximate surface area is 306 Å². The summed E-state index contributed by atoms with van der Waals surface area (Å²) in [5, 5.41) is 10.1. The fourth-order valence-corrected chi connectivity index (χ4v) is 8.04. The van der Waals surface area contributed by atoms with E-state index >= 15 is 13.2 Å². The molecule has 4 aromatic rings. The lowest BCUT2D eigenvalue weighted by molar-refractivity contribution is -0.0229. The van der Waals surface area contributed by atoms with Crippen molar-refractivity contribution in [1.82, 2.24) is 34.4 Å². The van der Waals surface area contributed by atoms with Crippen LogP contribution in [0, 0.1) is 24.4 Å². The van der Waals surface area contributed by atoms with Crippen LogP contribution in [0.15, 0.2) is 48.7 Å². The first kappa shape index (κ1) is 36.4. The Morgan fingerprint density at radius 2 is 1.64 bits per heavy atom. The number of halogens is 3. The molecule has 3 amide bonds. The maximum atomic E-state index is 15.3. The topological polar surface area (TPSA) is 108 Å². The highest BCUT2D eigenvalue weighted by Crippen LogP contribution is 2.49. The Hall–Kier alpha value is -4.95. The van der Waals surface area contributed by atoms with E-state index < -0.39 is 28.9 Å². The quantitative estimate of drug-likeness (QED) is 0.237. The molecule has 2 fully saturated rings. The Balaban J connectivity index is 0.990. The van der Waals surface area contributed by atoms with E-state index in [1.165, 1.54) is 31.1 Å². The molecule has 0 radical (unpaired) electrons. The summed E-state index contributed by atoms with van der Waals surface area (Å²) >= 11 is 0. The van der Waals surface area contributed by atoms with Crippen LogP contribution in [0.3, 0.4) is 0 Å². The van der Waals surface area contributed by atoms with Gasteiger partial charge < -0.3 is 25.0 Å². The van der Waals surface area contributed by atoms with Gasteiger partial charge in [-0.3, -0.25) is 24.0 Å². The average molecular weight is 731 g/mol. The molecule has 14 heteroatoms. The molecule has 4 heterocycles. The Kier molecular flexibility index (Phi) is 9.94. The highest BCUT2D eigenvalue weighted by Gasteiger charge is 2.48. The van der Waals surface area contributed by atoms with Crippen molar-refractivity contribution in [2.45, 2.75) is 70.2 Å². The standard InChI is InChI=1S/C39H45F3N8O3/c1-24-29(22-44-50(24)28-10-14-47(4)15-11-28)36(51)45-27-7-6-25(31(40)20-27)21-43-37(52)34-8-9-35-39(12-5-13-39)48(16-17-49(34)35)23-30-32(41)18-26(19-33(30)42)38(53)46(2)3/h6-9,18-20,22,28H,5,10-17,21,23H2,1-4H3,(H,43,52)(H,45,51). The second-order valence-corrected chi connectivity index (χ2v) is 14.7. The van der Waals surface area contributed by atoms with Crippen LogP contribution in [0.5, 0.6) is 0 Å². The van der Waals surface area contributed by atoms with Crippen LogP contribution in [0.2, 0.25) is 0 Å². The number of piperidine rings is 1. The fraction of sp³-hybridized carbons (Fsp3) is 0.436. The highest BCUT2D eigenvalue weighted by molar-refractivity contribution is 6.05. The lowest BCUT2D eigenvalue weighted by atomic mass is 9.71. The van der Waals surface area contributed by atoms with Gasteiger partial charge in [0.25, 0.3) is 17.7 Å². The molecule has 11 nitrogen and oxygen atoms in total. The van der Waals surface area contributed by atoms with Crippen molar-refractivity contribution in [3.63, 3.8) is 0 Å². The zero-order valence-electron chi connectivity index (χ0n) is 30.5. The van der Waals surface area contributed by atoms with Gasteiger partial charge in [-0.05, 0) is 95.6 Å². The Bertz CT molecular complexity index is 2040. The molecule has 7 rings (SSSR count). The predicted octanol–water partition coefficient (Wildman–Crippen LogP) is 5.46. The van der Waals surface area contributed by atoms with Gasteiger partial charge in [-0.25, -0.2) is 13.2 Å². The van der Waals surface area contributed by atoms with Gasteiger partial charge in [-0.2, -0.15) is 5.10 Å². The van der Waals surface area contributed by atoms with Crippen LogP contribution >= 0.6 is 0 Å². The van der Waals surface area contributed by atoms with Gasteiger partial charge in [0.15, 0.2) is 0 Å². The summed E-state index contributed by atoms with van der Waals surface area (Å²) in [6.45, 7) is 4.65. The summed E-state index contributed by atoms with van der Waals surface area (Å²) in [4.78, 5) is 44.5. The molecule has 1 aliphatic carbocycles. The fourth-order valence-electron chi connectivity index (χ4n) is 8.04. The van der Waals surface area contributed by atoms with Crippen molar-refractivity contribution >= 4 is 23.4 Å². The number of fused-ring (bicyclic) bond motifs is 2. The number of carbonyl (C=O) groups is 3. The maximum Gasteiger partial charge on any atom is 0.268 e. The van der Waals surface area contributed by atoms with Gasteiger partial charge in [0.1, 0.15) is 23.1 Å². The van der Waals surface area contributed by atoms with Crippen molar-refractivity contribution in [2.24, 2.45) is 0 Å². The van der Waals surface area contributed by atoms with Crippen LogP contribution in [0.4, 0.5) is 18.9 Å². The van der Waals surface area contributed by atoms with Crippen molar-refractivity contribution in [1.29, 1.82) is 0 Å². The van der Waals surface area contributed by atoms with Crippen LogP contribution in [-0.4, -0.2) is 87.5 Å². The number of nitrogens with one attached hydrogen (secondary N) is 2. The number of benzene rings is 2. The summed E-state index contributed by atoms with van der Waals surface area (Å²) in [5.41, 5.74) is 2.47. The third-order valence-electron chi connectivity index (χ3n) is 11.3. The summed E-state index contributed by atoms with van der Waals surface area (Å²) in [6, 6.07) is 10.4. The summed E-state index contributed by atoms with van der Waals surface area (Å²) in [6.07, 6.45) is 5.95. The molecule has 2 aliphatic heterocycles. The number of hydrogen-bond acceptors (Lipinski definition) is 6. The molecule has 1 saturated heterocycles. The summed E-state index contributed by atoms with van der Waals surface area (Å²) in [7, 11) is 5.14. The number of aromatic nitrogens is 3. The molecular formula is C39H45F3N8O3. The molecule has 2 aromatic heterocycles. The van der Waals surface area contributed by atoms with Gasteiger partial charge >= 0.3 is 0 Å². The maximum absolute atomic E-state index is 15.3. The SMILES string of the molecule is Cc1c(C(=O)Nc2ccc(CNC(=O)c3ccc4n3CCN(Cc3c(F)cc(C(=O)N(C)C)cc3F)C43CCC3)c(F)c2)cnn1C1CCN(C)CC1. The van der Waals surface area contributed by atoms with Crippen LogP contribution in [0.1, 0.15) is 91.9 Å². The van der Waals surface area contributed by atoms with Crippen molar-refractivity contribution in [2.75, 3.05) is 46.1 Å². The monoisotopic (exact) mass is 730 g/mol. The average Bonchev–Trinajstić information content (AvgIpc) is 3.72. The number of anilines is 1. The van der Waals surface area contributed by atoms with Crippen molar-refractivity contribution < 1.29 is 27.6 Å². The number of amides is 3. The minimum absolute atomic E-state index is 0.0260. The van der Waals surface area contributed by atoms with E-state index in [4.69, 9.17) is 0 Å². The van der Waals surface area contributed by atoms with Gasteiger partial charge in [0.05, 0.1) is 23.3 Å². The van der Waals surface area contributed by atoms with E-state index in [9.17, 15) is 14.4 Å². The molecule has 2 N–H and O–H groups in total. The van der Waals surface area contributed by atoms with E-state index in [0.29, 0.717) is 30.0 Å². The first-order chi connectivity index (χ1) is 25.4. The normalized spacial score (nSPS) is 17.3. The predicted molar refractivity (Wildman–Crippen MR) is 193 cm³/mol. The number of likely N-dealkylation sites (tertiary alicyclic amines) is 1. The third-order valence-corrected chi connectivity index (χ3v) is 11.3. The van der Waals surface area contributed by atoms with Gasteiger partial charge in [-0.1, -0.05) is 6.07 Å². The molecule has 0 unspecified atom stereocenters. The second kappa shape index (κ2) is 14.5. The molecule has 0 atom stereocenters. The van der Waals surface area contributed by atoms with Gasteiger partial charge in [-0.15, -0.1) is 0 Å². The summed E-state index contributed by atoms with van der Waals surface area (Å²) < 4.78 is 49.5. The number of carbonyl (C=O) groups excluding carboxylic acids is 3. The lowest BCUT2D eigenvalue weighted by Crippen LogP contribution is -2.56. The molecule has 2 aromatic carbocycles. The van der Waals surface area contributed by atoms with Crippen molar-refractivity contribution in [3.8, 4) is 0 Å². The number of hydrogen-bond donors (Lipinski definition) is 2. The van der Waals surface area contributed by atoms with Gasteiger partial charge in [0, 0.05) is 74.0 Å². The highest BCUT2D eigenvalue weighted by atomic mass is 19.1. The van der Waals surface area contributed by atoms with E-state index in [2.05, 4.69) is 32.6 Å². The third kappa shape index (κ3) is 6.85. The minimum Gasteiger partial charge on any atom is -0.347 e. The molecule has 3 aliphatic rings. The first-order valence-corrected chi connectivity index (χ1v) is 18.1.